The summed E-state index contributed by atoms with van der Waals surface area (Å²) in [6, 6.07) is -0.921. The lowest BCUT2D eigenvalue weighted by Gasteiger charge is -2.23. The van der Waals surface area contributed by atoms with Gasteiger partial charge in [-0.25, -0.2) is 8.78 Å². The van der Waals surface area contributed by atoms with Crippen LogP contribution in [0.15, 0.2) is 11.8 Å². The number of ether oxygens (including phenoxy) is 1. The highest BCUT2D eigenvalue weighted by molar-refractivity contribution is 5.06. The molecule has 2 nitrogen and oxygen atoms in total. The van der Waals surface area contributed by atoms with E-state index in [-0.39, 0.29) is 0 Å². The first-order valence-electron chi connectivity index (χ1n) is 5.10. The Balaban J connectivity index is 2.52. The number of rotatable bonds is 5. The molecule has 4 heteroatoms. The number of hydrogen-bond acceptors (Lipinski definition) is 2. The van der Waals surface area contributed by atoms with Crippen molar-refractivity contribution in [2.24, 2.45) is 0 Å². The highest BCUT2D eigenvalue weighted by Gasteiger charge is 2.26. The van der Waals surface area contributed by atoms with Crippen molar-refractivity contribution in [1.29, 1.82) is 0 Å². The number of nitrogens with one attached hydrogen (secondary N) is 1. The van der Waals surface area contributed by atoms with Crippen molar-refractivity contribution in [2.45, 2.75) is 38.7 Å². The molecular formula is C10H17F2NO. The normalized spacial score (nSPS) is 19.0. The van der Waals surface area contributed by atoms with Crippen LogP contribution in [0.1, 0.15) is 26.2 Å². The van der Waals surface area contributed by atoms with E-state index < -0.39 is 12.5 Å². The molecule has 1 aliphatic heterocycles. The van der Waals surface area contributed by atoms with Crippen LogP contribution < -0.4 is 5.32 Å². The SMILES string of the molecule is CCCNC(C1=CCCCO1)C(F)F. The topological polar surface area (TPSA) is 21.3 Å². The summed E-state index contributed by atoms with van der Waals surface area (Å²) < 4.78 is 30.5. The molecule has 0 aromatic heterocycles. The fourth-order valence-electron chi connectivity index (χ4n) is 1.41. The second-order valence-electron chi connectivity index (χ2n) is 3.36. The van der Waals surface area contributed by atoms with E-state index in [0.717, 1.165) is 19.3 Å². The molecule has 0 radical (unpaired) electrons. The van der Waals surface area contributed by atoms with Crippen LogP contribution in [0.5, 0.6) is 0 Å². The van der Waals surface area contributed by atoms with Gasteiger partial charge in [-0.2, -0.15) is 0 Å². The quantitative estimate of drug-likeness (QED) is 0.743. The van der Waals surface area contributed by atoms with Gasteiger partial charge in [-0.3, -0.25) is 0 Å². The van der Waals surface area contributed by atoms with E-state index in [1.165, 1.54) is 0 Å². The van der Waals surface area contributed by atoms with E-state index in [0.29, 0.717) is 18.9 Å². The van der Waals surface area contributed by atoms with Gasteiger partial charge in [0.25, 0.3) is 6.43 Å². The Labute approximate surface area is 83.3 Å². The predicted molar refractivity (Wildman–Crippen MR) is 51.4 cm³/mol. The molecule has 0 fully saturated rings. The third-order valence-electron chi connectivity index (χ3n) is 2.14. The maximum Gasteiger partial charge on any atom is 0.260 e. The van der Waals surface area contributed by atoms with Gasteiger partial charge in [0, 0.05) is 0 Å². The molecule has 0 bridgehead atoms. The van der Waals surface area contributed by atoms with E-state index in [2.05, 4.69) is 5.32 Å². The lowest BCUT2D eigenvalue weighted by molar-refractivity contribution is 0.0683. The van der Waals surface area contributed by atoms with Gasteiger partial charge in [0.1, 0.15) is 11.8 Å². The molecule has 0 aliphatic carbocycles. The molecule has 1 heterocycles. The summed E-state index contributed by atoms with van der Waals surface area (Å²) in [5.41, 5.74) is 0. The zero-order valence-electron chi connectivity index (χ0n) is 8.43. The fourth-order valence-corrected chi connectivity index (χ4v) is 1.41. The Hall–Kier alpha value is -0.640. The lowest BCUT2D eigenvalue weighted by atomic mass is 10.1. The van der Waals surface area contributed by atoms with Crippen molar-refractivity contribution >= 4 is 0 Å². The number of hydrogen-bond donors (Lipinski definition) is 1. The fraction of sp³-hybridized carbons (Fsp3) is 0.800. The van der Waals surface area contributed by atoms with Crippen molar-refractivity contribution in [3.8, 4) is 0 Å². The minimum atomic E-state index is -2.40. The molecule has 0 spiro atoms. The number of alkyl halides is 2. The van der Waals surface area contributed by atoms with Crippen molar-refractivity contribution in [1.82, 2.24) is 5.32 Å². The van der Waals surface area contributed by atoms with Crippen molar-refractivity contribution in [3.05, 3.63) is 11.8 Å². The molecular weight excluding hydrogens is 188 g/mol. The van der Waals surface area contributed by atoms with Gasteiger partial charge >= 0.3 is 0 Å². The molecule has 0 saturated carbocycles. The van der Waals surface area contributed by atoms with Crippen LogP contribution in [-0.4, -0.2) is 25.6 Å². The molecule has 14 heavy (non-hydrogen) atoms. The Morgan fingerprint density at radius 3 is 2.86 bits per heavy atom. The van der Waals surface area contributed by atoms with Gasteiger partial charge in [-0.15, -0.1) is 0 Å². The lowest BCUT2D eigenvalue weighted by Crippen LogP contribution is -2.39. The van der Waals surface area contributed by atoms with E-state index in [4.69, 9.17) is 4.74 Å². The summed E-state index contributed by atoms with van der Waals surface area (Å²) in [7, 11) is 0. The summed E-state index contributed by atoms with van der Waals surface area (Å²) in [5.74, 6) is 0.416. The van der Waals surface area contributed by atoms with Gasteiger partial charge in [0.15, 0.2) is 0 Å². The van der Waals surface area contributed by atoms with E-state index >= 15 is 0 Å². The van der Waals surface area contributed by atoms with Gasteiger partial charge in [0.2, 0.25) is 0 Å². The van der Waals surface area contributed by atoms with Crippen molar-refractivity contribution < 1.29 is 13.5 Å². The minimum absolute atomic E-state index is 0.416. The molecule has 1 atom stereocenters. The molecule has 1 N–H and O–H groups in total. The highest BCUT2D eigenvalue weighted by atomic mass is 19.3. The van der Waals surface area contributed by atoms with Crippen LogP contribution in [0, 0.1) is 0 Å². The van der Waals surface area contributed by atoms with Gasteiger partial charge < -0.3 is 10.1 Å². The Bertz CT molecular complexity index is 195. The standard InChI is InChI=1S/C10H17F2NO/c1-2-6-13-9(10(11)12)8-5-3-4-7-14-8/h5,9-10,13H,2-4,6-7H2,1H3. The highest BCUT2D eigenvalue weighted by Crippen LogP contribution is 2.18. The van der Waals surface area contributed by atoms with E-state index in [1.807, 2.05) is 6.92 Å². The van der Waals surface area contributed by atoms with Crippen LogP contribution in [0.4, 0.5) is 8.78 Å². The summed E-state index contributed by atoms with van der Waals surface area (Å²) in [6.07, 6.45) is 1.98. The number of allylic oxidation sites excluding steroid dienone is 1. The maximum atomic E-state index is 12.6. The van der Waals surface area contributed by atoms with Gasteiger partial charge in [0.05, 0.1) is 6.61 Å². The molecule has 0 aromatic rings. The average molecular weight is 205 g/mol. The third-order valence-corrected chi connectivity index (χ3v) is 2.14. The summed E-state index contributed by atoms with van der Waals surface area (Å²) in [4.78, 5) is 0. The first-order chi connectivity index (χ1) is 6.75. The van der Waals surface area contributed by atoms with Crippen LogP contribution >= 0.6 is 0 Å². The Kier molecular flexibility index (Phi) is 4.87. The number of halogens is 2. The smallest absolute Gasteiger partial charge is 0.260 e. The van der Waals surface area contributed by atoms with E-state index in [9.17, 15) is 8.78 Å². The molecule has 82 valence electrons. The molecule has 1 unspecified atom stereocenters. The minimum Gasteiger partial charge on any atom is -0.496 e. The second-order valence-corrected chi connectivity index (χ2v) is 3.36. The maximum absolute atomic E-state index is 12.6. The van der Waals surface area contributed by atoms with Gasteiger partial charge in [-0.05, 0) is 31.9 Å². The molecule has 1 rings (SSSR count). The Morgan fingerprint density at radius 2 is 2.36 bits per heavy atom. The van der Waals surface area contributed by atoms with Crippen LogP contribution in [0.25, 0.3) is 0 Å². The first-order valence-corrected chi connectivity index (χ1v) is 5.10. The molecule has 1 aliphatic rings. The van der Waals surface area contributed by atoms with Gasteiger partial charge in [-0.1, -0.05) is 6.92 Å². The zero-order chi connectivity index (χ0) is 10.4. The van der Waals surface area contributed by atoms with Crippen molar-refractivity contribution in [2.75, 3.05) is 13.2 Å². The molecule has 0 amide bonds. The van der Waals surface area contributed by atoms with Crippen LogP contribution in [-0.2, 0) is 4.74 Å². The summed E-state index contributed by atoms with van der Waals surface area (Å²) in [5, 5.41) is 2.80. The van der Waals surface area contributed by atoms with Crippen LogP contribution in [0.3, 0.4) is 0 Å². The second kappa shape index (κ2) is 5.96. The third kappa shape index (κ3) is 3.25. The Morgan fingerprint density at radius 1 is 1.57 bits per heavy atom. The van der Waals surface area contributed by atoms with Crippen LogP contribution in [0.2, 0.25) is 0 Å². The molecule has 0 saturated heterocycles. The predicted octanol–water partition coefficient (Wildman–Crippen LogP) is 2.31. The monoisotopic (exact) mass is 205 g/mol. The molecule has 0 aromatic carbocycles. The van der Waals surface area contributed by atoms with E-state index in [1.54, 1.807) is 6.08 Å². The van der Waals surface area contributed by atoms with Crippen molar-refractivity contribution in [3.63, 3.8) is 0 Å². The summed E-state index contributed by atoms with van der Waals surface area (Å²) >= 11 is 0. The summed E-state index contributed by atoms with van der Waals surface area (Å²) in [6.45, 7) is 3.10. The largest absolute Gasteiger partial charge is 0.496 e. The first kappa shape index (κ1) is 11.4. The average Bonchev–Trinajstić information content (AvgIpc) is 2.19. The zero-order valence-corrected chi connectivity index (χ0v) is 8.43.